The maximum Gasteiger partial charge on any atom is 0.359 e. The minimum Gasteiger partial charge on any atom is -0.464 e. The van der Waals surface area contributed by atoms with Crippen LogP contribution in [0.25, 0.3) is 16.6 Å². The number of ether oxygens (including phenoxy) is 1. The van der Waals surface area contributed by atoms with Crippen LogP contribution >= 0.6 is 38.5 Å². The summed E-state index contributed by atoms with van der Waals surface area (Å²) < 4.78 is 8.58. The van der Waals surface area contributed by atoms with E-state index in [9.17, 15) is 4.79 Å². The van der Waals surface area contributed by atoms with Crippen molar-refractivity contribution in [3.63, 3.8) is 0 Å². The molecule has 21 heavy (non-hydrogen) atoms. The zero-order valence-corrected chi connectivity index (χ0v) is 14.8. The minimum atomic E-state index is -0.434. The number of methoxy groups -OCH3 is 1. The molecule has 0 fully saturated rings. The smallest absolute Gasteiger partial charge is 0.359 e. The van der Waals surface area contributed by atoms with Crippen molar-refractivity contribution in [2.75, 3.05) is 7.11 Å². The van der Waals surface area contributed by atoms with E-state index in [0.29, 0.717) is 5.69 Å². The first kappa shape index (κ1) is 14.5. The Morgan fingerprint density at radius 1 is 1.29 bits per heavy atom. The summed E-state index contributed by atoms with van der Waals surface area (Å²) in [4.78, 5) is 11.9. The average molecular weight is 457 g/mol. The summed E-state index contributed by atoms with van der Waals surface area (Å²) in [6, 6.07) is 13.6. The molecule has 0 bridgehead atoms. The third-order valence-corrected chi connectivity index (χ3v) is 4.24. The zero-order valence-electron chi connectivity index (χ0n) is 11.0. The lowest BCUT2D eigenvalue weighted by molar-refractivity contribution is 0.0595. The first-order valence-corrected chi connectivity index (χ1v) is 8.00. The number of carbonyl (C=O) groups is 1. The lowest BCUT2D eigenvalue weighted by Gasteiger charge is -2.03. The molecule has 1 heterocycles. The van der Waals surface area contributed by atoms with Gasteiger partial charge >= 0.3 is 5.97 Å². The highest BCUT2D eigenvalue weighted by molar-refractivity contribution is 14.1. The predicted molar refractivity (Wildman–Crippen MR) is 92.8 cm³/mol. The molecule has 0 aliphatic rings. The molecule has 106 valence electrons. The summed E-state index contributed by atoms with van der Waals surface area (Å²) in [7, 11) is 1.36. The standard InChI is InChI=1S/C15H10BrIN2O2/c1-21-15(20)14-12-8-10(17)5-6-13(12)19(18-14)11-4-2-3-9(16)7-11/h2-8H,1H3. The molecule has 2 aromatic carbocycles. The van der Waals surface area contributed by atoms with E-state index in [2.05, 4.69) is 43.6 Å². The zero-order chi connectivity index (χ0) is 15.0. The molecule has 0 radical (unpaired) electrons. The predicted octanol–water partition coefficient (Wildman–Crippen LogP) is 4.18. The van der Waals surface area contributed by atoms with Crippen molar-refractivity contribution >= 4 is 55.4 Å². The van der Waals surface area contributed by atoms with Crippen LogP contribution in [0.4, 0.5) is 0 Å². The monoisotopic (exact) mass is 456 g/mol. The molecule has 3 aromatic rings. The number of nitrogens with zero attached hydrogens (tertiary/aromatic N) is 2. The van der Waals surface area contributed by atoms with Gasteiger partial charge in [0.1, 0.15) is 0 Å². The molecule has 0 aliphatic carbocycles. The van der Waals surface area contributed by atoms with Crippen molar-refractivity contribution in [1.82, 2.24) is 9.78 Å². The number of fused-ring (bicyclic) bond motifs is 1. The number of aromatic nitrogens is 2. The minimum absolute atomic E-state index is 0.325. The summed E-state index contributed by atoms with van der Waals surface area (Å²) in [5.74, 6) is -0.434. The van der Waals surface area contributed by atoms with Gasteiger partial charge in [0.2, 0.25) is 0 Å². The molecule has 4 nitrogen and oxygen atoms in total. The summed E-state index contributed by atoms with van der Waals surface area (Å²) >= 11 is 5.66. The molecule has 0 N–H and O–H groups in total. The summed E-state index contributed by atoms with van der Waals surface area (Å²) in [6.07, 6.45) is 0. The van der Waals surface area contributed by atoms with E-state index in [4.69, 9.17) is 4.74 Å². The van der Waals surface area contributed by atoms with Gasteiger partial charge in [0.05, 0.1) is 18.3 Å². The van der Waals surface area contributed by atoms with Gasteiger partial charge < -0.3 is 4.74 Å². The Hall–Kier alpha value is -1.41. The van der Waals surface area contributed by atoms with Crippen LogP contribution < -0.4 is 0 Å². The van der Waals surface area contributed by atoms with E-state index in [-0.39, 0.29) is 0 Å². The fourth-order valence-corrected chi connectivity index (χ4v) is 3.02. The number of esters is 1. The molecular weight excluding hydrogens is 447 g/mol. The van der Waals surface area contributed by atoms with E-state index in [0.717, 1.165) is 24.6 Å². The Kier molecular flexibility index (Phi) is 3.99. The summed E-state index contributed by atoms with van der Waals surface area (Å²) in [5, 5.41) is 5.22. The molecule has 0 aliphatic heterocycles. The van der Waals surface area contributed by atoms with Crippen LogP contribution in [0.3, 0.4) is 0 Å². The molecule has 3 rings (SSSR count). The number of halogens is 2. The topological polar surface area (TPSA) is 44.1 Å². The number of hydrogen-bond donors (Lipinski definition) is 0. The van der Waals surface area contributed by atoms with Gasteiger partial charge in [0.25, 0.3) is 0 Å². The van der Waals surface area contributed by atoms with Crippen LogP contribution in [-0.4, -0.2) is 22.9 Å². The first-order chi connectivity index (χ1) is 10.1. The van der Waals surface area contributed by atoms with Gasteiger partial charge in [-0.25, -0.2) is 9.48 Å². The highest BCUT2D eigenvalue weighted by Crippen LogP contribution is 2.25. The van der Waals surface area contributed by atoms with Crippen LogP contribution in [0.1, 0.15) is 10.5 Å². The Balaban J connectivity index is 2.31. The second kappa shape index (κ2) is 5.76. The Morgan fingerprint density at radius 2 is 2.10 bits per heavy atom. The van der Waals surface area contributed by atoms with Crippen molar-refractivity contribution in [2.24, 2.45) is 0 Å². The number of carbonyl (C=O) groups excluding carboxylic acids is 1. The Bertz CT molecular complexity index is 845. The average Bonchev–Trinajstić information content (AvgIpc) is 2.85. The second-order valence-electron chi connectivity index (χ2n) is 4.39. The fraction of sp³-hybridized carbons (Fsp3) is 0.0667. The second-order valence-corrected chi connectivity index (χ2v) is 6.55. The summed E-state index contributed by atoms with van der Waals surface area (Å²) in [6.45, 7) is 0. The van der Waals surface area contributed by atoms with Crippen LogP contribution in [0.5, 0.6) is 0 Å². The normalized spacial score (nSPS) is 10.8. The maximum atomic E-state index is 11.9. The van der Waals surface area contributed by atoms with Crippen molar-refractivity contribution in [2.45, 2.75) is 0 Å². The summed E-state index contributed by atoms with van der Waals surface area (Å²) in [5.41, 5.74) is 2.07. The molecule has 0 saturated heterocycles. The molecule has 6 heteroatoms. The van der Waals surface area contributed by atoms with E-state index < -0.39 is 5.97 Å². The number of benzene rings is 2. The lowest BCUT2D eigenvalue weighted by Crippen LogP contribution is -2.04. The molecule has 0 atom stereocenters. The molecular formula is C15H10BrIN2O2. The number of rotatable bonds is 2. The largest absolute Gasteiger partial charge is 0.464 e. The van der Waals surface area contributed by atoms with Crippen LogP contribution in [0.15, 0.2) is 46.9 Å². The van der Waals surface area contributed by atoms with E-state index in [1.807, 2.05) is 42.5 Å². The van der Waals surface area contributed by atoms with Gasteiger partial charge in [-0.05, 0) is 59.0 Å². The quantitative estimate of drug-likeness (QED) is 0.429. The van der Waals surface area contributed by atoms with Crippen molar-refractivity contribution in [3.8, 4) is 5.69 Å². The van der Waals surface area contributed by atoms with Crippen molar-refractivity contribution in [3.05, 3.63) is 56.2 Å². The van der Waals surface area contributed by atoms with Crippen LogP contribution in [0.2, 0.25) is 0 Å². The number of hydrogen-bond acceptors (Lipinski definition) is 3. The van der Waals surface area contributed by atoms with E-state index >= 15 is 0 Å². The van der Waals surface area contributed by atoms with Gasteiger partial charge in [-0.1, -0.05) is 22.0 Å². The maximum absolute atomic E-state index is 11.9. The first-order valence-electron chi connectivity index (χ1n) is 6.12. The molecule has 0 amide bonds. The van der Waals surface area contributed by atoms with Gasteiger partial charge in [-0.2, -0.15) is 5.10 Å². The molecule has 1 aromatic heterocycles. The SMILES string of the molecule is COC(=O)c1nn(-c2cccc(Br)c2)c2ccc(I)cc12. The molecule has 0 spiro atoms. The lowest BCUT2D eigenvalue weighted by atomic mass is 10.2. The van der Waals surface area contributed by atoms with Gasteiger partial charge in [-0.3, -0.25) is 0 Å². The van der Waals surface area contributed by atoms with Gasteiger partial charge in [0, 0.05) is 13.4 Å². The van der Waals surface area contributed by atoms with Crippen LogP contribution in [-0.2, 0) is 4.74 Å². The van der Waals surface area contributed by atoms with Gasteiger partial charge in [0.15, 0.2) is 5.69 Å². The van der Waals surface area contributed by atoms with E-state index in [1.165, 1.54) is 7.11 Å². The van der Waals surface area contributed by atoms with Crippen LogP contribution in [0, 0.1) is 3.57 Å². The third kappa shape index (κ3) is 2.69. The highest BCUT2D eigenvalue weighted by atomic mass is 127. The molecule has 0 unspecified atom stereocenters. The Labute approximate surface area is 143 Å². The fourth-order valence-electron chi connectivity index (χ4n) is 2.14. The van der Waals surface area contributed by atoms with Crippen molar-refractivity contribution < 1.29 is 9.53 Å². The van der Waals surface area contributed by atoms with E-state index in [1.54, 1.807) is 4.68 Å². The van der Waals surface area contributed by atoms with Crippen molar-refractivity contribution in [1.29, 1.82) is 0 Å². The highest BCUT2D eigenvalue weighted by Gasteiger charge is 2.18. The van der Waals surface area contributed by atoms with Gasteiger partial charge in [-0.15, -0.1) is 0 Å². The Morgan fingerprint density at radius 3 is 2.81 bits per heavy atom. The third-order valence-electron chi connectivity index (χ3n) is 3.07. The molecule has 0 saturated carbocycles.